The Bertz CT molecular complexity index is 1380. The number of aryl methyl sites for hydroxylation is 2. The van der Waals surface area contributed by atoms with Crippen LogP contribution in [0, 0.1) is 13.8 Å². The molecule has 5 aromatic rings. The van der Waals surface area contributed by atoms with Crippen LogP contribution in [0.3, 0.4) is 0 Å². The van der Waals surface area contributed by atoms with Gasteiger partial charge in [0.1, 0.15) is 0 Å². The minimum Gasteiger partial charge on any atom is -0.283 e. The summed E-state index contributed by atoms with van der Waals surface area (Å²) >= 11 is 1.58. The summed E-state index contributed by atoms with van der Waals surface area (Å²) in [6.07, 6.45) is 0.335. The topological polar surface area (TPSA) is 33.2 Å². The molecule has 0 N–H and O–H groups in total. The Morgan fingerprint density at radius 1 is 0.875 bits per heavy atom. The van der Waals surface area contributed by atoms with Crippen LogP contribution in [-0.4, -0.2) is 10.9 Å². The molecule has 1 heterocycles. The Labute approximate surface area is 192 Å². The molecule has 0 bridgehead atoms. The Hall–Kier alpha value is -3.50. The third kappa shape index (κ3) is 4.02. The first-order chi connectivity index (χ1) is 15.6. The fourth-order valence-corrected chi connectivity index (χ4v) is 5.08. The molecule has 0 aliphatic heterocycles. The maximum atomic E-state index is 13.7. The highest BCUT2D eigenvalue weighted by Crippen LogP contribution is 2.32. The number of fused-ring (bicyclic) bond motifs is 2. The second-order valence-corrected chi connectivity index (χ2v) is 9.19. The van der Waals surface area contributed by atoms with Gasteiger partial charge in [0.25, 0.3) is 0 Å². The lowest BCUT2D eigenvalue weighted by Gasteiger charge is -2.20. The third-order valence-electron chi connectivity index (χ3n) is 5.93. The summed E-state index contributed by atoms with van der Waals surface area (Å²) in [5, 5.41) is 3.02. The largest absolute Gasteiger partial charge is 0.283 e. The minimum atomic E-state index is 0.0534. The second kappa shape index (κ2) is 8.56. The van der Waals surface area contributed by atoms with Crippen molar-refractivity contribution in [3.05, 3.63) is 107 Å². The molecule has 0 atom stereocenters. The van der Waals surface area contributed by atoms with Gasteiger partial charge in [0, 0.05) is 0 Å². The molecule has 0 aliphatic rings. The van der Waals surface area contributed by atoms with Crippen LogP contribution in [0.1, 0.15) is 22.3 Å². The average molecular weight is 437 g/mol. The summed E-state index contributed by atoms with van der Waals surface area (Å²) in [4.78, 5) is 20.4. The molecule has 4 heteroatoms. The van der Waals surface area contributed by atoms with Gasteiger partial charge >= 0.3 is 0 Å². The fourth-order valence-electron chi connectivity index (χ4n) is 4.02. The molecule has 1 amide bonds. The van der Waals surface area contributed by atoms with Crippen molar-refractivity contribution in [2.24, 2.45) is 0 Å². The molecule has 0 fully saturated rings. The molecule has 0 saturated carbocycles. The maximum absolute atomic E-state index is 13.7. The summed E-state index contributed by atoms with van der Waals surface area (Å²) in [7, 11) is 0. The molecule has 0 saturated heterocycles. The van der Waals surface area contributed by atoms with Gasteiger partial charge in [-0.3, -0.25) is 9.69 Å². The normalized spacial score (nSPS) is 11.2. The maximum Gasteiger partial charge on any atom is 0.233 e. The lowest BCUT2D eigenvalue weighted by Crippen LogP contribution is -2.31. The van der Waals surface area contributed by atoms with Crippen LogP contribution in [0.15, 0.2) is 84.9 Å². The van der Waals surface area contributed by atoms with Crippen LogP contribution in [0.4, 0.5) is 5.13 Å². The number of hydrogen-bond donors (Lipinski definition) is 0. The van der Waals surface area contributed by atoms with Crippen LogP contribution < -0.4 is 4.90 Å². The highest BCUT2D eigenvalue weighted by Gasteiger charge is 2.21. The van der Waals surface area contributed by atoms with Gasteiger partial charge in [0.2, 0.25) is 5.91 Å². The first kappa shape index (κ1) is 20.4. The molecular formula is C28H24N2OS. The van der Waals surface area contributed by atoms with Crippen molar-refractivity contribution in [1.29, 1.82) is 0 Å². The Morgan fingerprint density at radius 3 is 2.44 bits per heavy atom. The number of rotatable bonds is 5. The van der Waals surface area contributed by atoms with E-state index in [-0.39, 0.29) is 5.91 Å². The van der Waals surface area contributed by atoms with Crippen LogP contribution in [0.25, 0.3) is 21.0 Å². The monoisotopic (exact) mass is 436 g/mol. The molecule has 3 nitrogen and oxygen atoms in total. The highest BCUT2D eigenvalue weighted by atomic mass is 32.1. The number of thiazole rings is 1. The Morgan fingerprint density at radius 2 is 1.59 bits per heavy atom. The number of carbonyl (C=O) groups is 1. The predicted octanol–water partition coefficient (Wildman–Crippen LogP) is 6.84. The van der Waals surface area contributed by atoms with Gasteiger partial charge in [0.15, 0.2) is 5.13 Å². The number of carbonyl (C=O) groups excluding carboxylic acids is 1. The molecule has 0 aliphatic carbocycles. The van der Waals surface area contributed by atoms with Crippen molar-refractivity contribution in [1.82, 2.24) is 4.98 Å². The van der Waals surface area contributed by atoms with E-state index < -0.39 is 0 Å². The first-order valence-corrected chi connectivity index (χ1v) is 11.6. The van der Waals surface area contributed by atoms with Crippen molar-refractivity contribution in [2.75, 3.05) is 4.90 Å². The zero-order valence-electron chi connectivity index (χ0n) is 18.2. The van der Waals surface area contributed by atoms with Gasteiger partial charge in [-0.15, -0.1) is 0 Å². The highest BCUT2D eigenvalue weighted by molar-refractivity contribution is 7.22. The van der Waals surface area contributed by atoms with Gasteiger partial charge in [-0.2, -0.15) is 0 Å². The summed E-state index contributed by atoms with van der Waals surface area (Å²) in [6, 6.07) is 28.8. The molecule has 4 aromatic carbocycles. The van der Waals surface area contributed by atoms with Crippen LogP contribution in [0.2, 0.25) is 0 Å². The van der Waals surface area contributed by atoms with E-state index in [2.05, 4.69) is 56.3 Å². The molecule has 158 valence electrons. The number of aromatic nitrogens is 1. The minimum absolute atomic E-state index is 0.0534. The standard InChI is InChI=1S/C28H24N2OS/c1-19-15-25-26(16-20(19)2)32-28(29-25)30(18-21-9-4-3-5-10-21)27(31)17-23-13-8-12-22-11-6-7-14-24(22)23/h3-16H,17-18H2,1-2H3. The lowest BCUT2D eigenvalue weighted by atomic mass is 10.0. The molecule has 1 aromatic heterocycles. The first-order valence-electron chi connectivity index (χ1n) is 10.8. The predicted molar refractivity (Wildman–Crippen MR) is 134 cm³/mol. The zero-order chi connectivity index (χ0) is 22.1. The van der Waals surface area contributed by atoms with Gasteiger partial charge in [-0.25, -0.2) is 4.98 Å². The van der Waals surface area contributed by atoms with E-state index in [1.165, 1.54) is 11.1 Å². The summed E-state index contributed by atoms with van der Waals surface area (Å²) in [5.41, 5.74) is 5.53. The Balaban J connectivity index is 1.54. The van der Waals surface area contributed by atoms with E-state index in [1.807, 2.05) is 47.4 Å². The van der Waals surface area contributed by atoms with E-state index in [9.17, 15) is 4.79 Å². The summed E-state index contributed by atoms with van der Waals surface area (Å²) in [6.45, 7) is 4.71. The molecule has 5 rings (SSSR count). The molecule has 0 spiro atoms. The van der Waals surface area contributed by atoms with E-state index >= 15 is 0 Å². The number of amides is 1. The average Bonchev–Trinajstić information content (AvgIpc) is 3.21. The van der Waals surface area contributed by atoms with Crippen molar-refractivity contribution >= 4 is 43.4 Å². The van der Waals surface area contributed by atoms with Crippen molar-refractivity contribution in [3.63, 3.8) is 0 Å². The second-order valence-electron chi connectivity index (χ2n) is 8.18. The van der Waals surface area contributed by atoms with Crippen LogP contribution in [0.5, 0.6) is 0 Å². The summed E-state index contributed by atoms with van der Waals surface area (Å²) < 4.78 is 1.11. The Kier molecular flexibility index (Phi) is 5.46. The number of hydrogen-bond acceptors (Lipinski definition) is 3. The van der Waals surface area contributed by atoms with Crippen molar-refractivity contribution in [3.8, 4) is 0 Å². The van der Waals surface area contributed by atoms with Crippen molar-refractivity contribution < 1.29 is 4.79 Å². The van der Waals surface area contributed by atoms with Crippen LogP contribution >= 0.6 is 11.3 Å². The zero-order valence-corrected chi connectivity index (χ0v) is 19.0. The van der Waals surface area contributed by atoms with E-state index in [0.717, 1.165) is 37.2 Å². The smallest absolute Gasteiger partial charge is 0.233 e. The van der Waals surface area contributed by atoms with E-state index in [0.29, 0.717) is 13.0 Å². The van der Waals surface area contributed by atoms with Crippen LogP contribution in [-0.2, 0) is 17.8 Å². The SMILES string of the molecule is Cc1cc2nc(N(Cc3ccccc3)C(=O)Cc3cccc4ccccc34)sc2cc1C. The molecule has 0 unspecified atom stereocenters. The van der Waals surface area contributed by atoms with Gasteiger partial charge in [-0.05, 0) is 59.0 Å². The quantitative estimate of drug-likeness (QED) is 0.302. The molecule has 0 radical (unpaired) electrons. The fraction of sp³-hybridized carbons (Fsp3) is 0.143. The molecule has 32 heavy (non-hydrogen) atoms. The van der Waals surface area contributed by atoms with Crippen molar-refractivity contribution in [2.45, 2.75) is 26.8 Å². The van der Waals surface area contributed by atoms with E-state index in [4.69, 9.17) is 4.98 Å². The number of anilines is 1. The third-order valence-corrected chi connectivity index (χ3v) is 6.97. The van der Waals surface area contributed by atoms with Gasteiger partial charge in [-0.1, -0.05) is 84.1 Å². The number of benzene rings is 4. The summed E-state index contributed by atoms with van der Waals surface area (Å²) in [5.74, 6) is 0.0534. The van der Waals surface area contributed by atoms with E-state index in [1.54, 1.807) is 11.3 Å². The van der Waals surface area contributed by atoms with Gasteiger partial charge in [0.05, 0.1) is 23.2 Å². The molecular weight excluding hydrogens is 412 g/mol. The lowest BCUT2D eigenvalue weighted by molar-refractivity contribution is -0.118. The number of nitrogens with zero attached hydrogens (tertiary/aromatic N) is 2. The van der Waals surface area contributed by atoms with Gasteiger partial charge < -0.3 is 0 Å².